The first-order chi connectivity index (χ1) is 13.9. The number of hydrogen-bond acceptors (Lipinski definition) is 8. The number of hydrogen-bond donors (Lipinski definition) is 2. The SMILES string of the molecule is COc1ccc(C(F)(F)F)cc1-c1ccc(-c2nnc(SCc3nnn[nH]3)[nH]2)o1. The first-order valence-electron chi connectivity index (χ1n) is 8.08. The molecule has 0 unspecified atom stereocenters. The second-order valence-corrected chi connectivity index (χ2v) is 6.66. The molecule has 150 valence electrons. The molecular weight excluding hydrogens is 411 g/mol. The van der Waals surface area contributed by atoms with Crippen molar-refractivity contribution in [2.75, 3.05) is 7.11 Å². The van der Waals surface area contributed by atoms with E-state index in [2.05, 4.69) is 35.8 Å². The first-order valence-corrected chi connectivity index (χ1v) is 9.06. The maximum atomic E-state index is 13.1. The van der Waals surface area contributed by atoms with Crippen molar-refractivity contribution < 1.29 is 22.3 Å². The van der Waals surface area contributed by atoms with Crippen LogP contribution in [0.3, 0.4) is 0 Å². The summed E-state index contributed by atoms with van der Waals surface area (Å²) in [5.74, 6) is 2.15. The molecule has 4 aromatic rings. The number of halogens is 3. The topological polar surface area (TPSA) is 118 Å². The number of rotatable bonds is 6. The lowest BCUT2D eigenvalue weighted by Crippen LogP contribution is -2.05. The Kier molecular flexibility index (Phi) is 4.96. The Morgan fingerprint density at radius 1 is 1.10 bits per heavy atom. The van der Waals surface area contributed by atoms with Gasteiger partial charge in [0.2, 0.25) is 0 Å². The maximum absolute atomic E-state index is 13.1. The van der Waals surface area contributed by atoms with Gasteiger partial charge in [0.25, 0.3) is 0 Å². The number of ether oxygens (including phenoxy) is 1. The Bertz CT molecular complexity index is 1110. The number of thioether (sulfide) groups is 1. The van der Waals surface area contributed by atoms with E-state index in [0.29, 0.717) is 28.3 Å². The lowest BCUT2D eigenvalue weighted by atomic mass is 10.1. The zero-order valence-corrected chi connectivity index (χ0v) is 15.5. The minimum Gasteiger partial charge on any atom is -0.496 e. The van der Waals surface area contributed by atoms with E-state index in [0.717, 1.165) is 12.1 Å². The van der Waals surface area contributed by atoms with Crippen molar-refractivity contribution in [2.45, 2.75) is 17.1 Å². The van der Waals surface area contributed by atoms with E-state index < -0.39 is 11.7 Å². The minimum atomic E-state index is -4.48. The standard InChI is InChI=1S/C16H12F3N7O2S/c1-27-10-3-2-8(16(17,18)19)6-9(10)11-4-5-12(28-11)14-20-15(24-23-14)29-7-13-21-25-26-22-13/h2-6H,7H2,1H3,(H,20,23,24)(H,21,22,25,26). The Hall–Kier alpha value is -3.35. The molecule has 9 nitrogen and oxygen atoms in total. The molecule has 0 bridgehead atoms. The van der Waals surface area contributed by atoms with E-state index in [4.69, 9.17) is 9.15 Å². The quantitative estimate of drug-likeness (QED) is 0.452. The van der Waals surface area contributed by atoms with Crippen molar-refractivity contribution >= 4 is 11.8 Å². The highest BCUT2D eigenvalue weighted by atomic mass is 32.2. The fourth-order valence-corrected chi connectivity index (χ4v) is 3.15. The normalized spacial score (nSPS) is 11.7. The van der Waals surface area contributed by atoms with Gasteiger partial charge in [0.1, 0.15) is 11.5 Å². The Balaban J connectivity index is 1.57. The van der Waals surface area contributed by atoms with Gasteiger partial charge in [-0.25, -0.2) is 5.10 Å². The molecule has 2 N–H and O–H groups in total. The molecule has 0 atom stereocenters. The van der Waals surface area contributed by atoms with Crippen molar-refractivity contribution in [3.05, 3.63) is 41.7 Å². The molecule has 0 aliphatic carbocycles. The fourth-order valence-electron chi connectivity index (χ4n) is 2.49. The number of benzene rings is 1. The average Bonchev–Trinajstić information content (AvgIpc) is 3.46. The zero-order valence-electron chi connectivity index (χ0n) is 14.7. The summed E-state index contributed by atoms with van der Waals surface area (Å²) in [4.78, 5) is 2.97. The van der Waals surface area contributed by atoms with E-state index in [9.17, 15) is 13.2 Å². The van der Waals surface area contributed by atoms with E-state index in [-0.39, 0.29) is 17.1 Å². The van der Waals surface area contributed by atoms with Crippen LogP contribution in [-0.2, 0) is 11.9 Å². The van der Waals surface area contributed by atoms with Crippen LogP contribution in [0.5, 0.6) is 5.75 Å². The van der Waals surface area contributed by atoms with Gasteiger partial charge in [-0.3, -0.25) is 0 Å². The highest BCUT2D eigenvalue weighted by molar-refractivity contribution is 7.98. The summed E-state index contributed by atoms with van der Waals surface area (Å²) in [6.45, 7) is 0. The summed E-state index contributed by atoms with van der Waals surface area (Å²) in [7, 11) is 1.37. The highest BCUT2D eigenvalue weighted by Crippen LogP contribution is 2.38. The molecule has 0 aliphatic heterocycles. The van der Waals surface area contributed by atoms with Crippen LogP contribution >= 0.6 is 11.8 Å². The molecule has 0 saturated heterocycles. The molecule has 13 heteroatoms. The number of nitrogens with one attached hydrogen (secondary N) is 2. The van der Waals surface area contributed by atoms with Crippen molar-refractivity contribution in [1.82, 2.24) is 35.8 Å². The zero-order chi connectivity index (χ0) is 20.4. The summed E-state index contributed by atoms with van der Waals surface area (Å²) in [6.07, 6.45) is -4.48. The summed E-state index contributed by atoms with van der Waals surface area (Å²) in [5, 5.41) is 21.8. The van der Waals surface area contributed by atoms with Crippen LogP contribution in [0.1, 0.15) is 11.4 Å². The molecule has 0 radical (unpaired) electrons. The molecule has 0 spiro atoms. The van der Waals surface area contributed by atoms with E-state index in [1.807, 2.05) is 0 Å². The Morgan fingerprint density at radius 2 is 1.93 bits per heavy atom. The molecule has 1 aromatic carbocycles. The molecule has 0 aliphatic rings. The van der Waals surface area contributed by atoms with Gasteiger partial charge >= 0.3 is 6.18 Å². The number of aromatic nitrogens is 7. The van der Waals surface area contributed by atoms with Gasteiger partial charge in [0, 0.05) is 0 Å². The maximum Gasteiger partial charge on any atom is 0.416 e. The number of aromatic amines is 2. The van der Waals surface area contributed by atoms with Gasteiger partial charge in [0.15, 0.2) is 22.6 Å². The number of methoxy groups -OCH3 is 1. The molecule has 3 heterocycles. The van der Waals surface area contributed by atoms with Crippen molar-refractivity contribution in [3.8, 4) is 28.7 Å². The number of furan rings is 1. The van der Waals surface area contributed by atoms with Crippen LogP contribution in [0.15, 0.2) is 39.9 Å². The number of H-pyrrole nitrogens is 2. The Morgan fingerprint density at radius 3 is 2.66 bits per heavy atom. The number of nitrogens with zero attached hydrogens (tertiary/aromatic N) is 5. The first kappa shape index (κ1) is 19.0. The monoisotopic (exact) mass is 423 g/mol. The summed E-state index contributed by atoms with van der Waals surface area (Å²) in [5.41, 5.74) is -0.619. The van der Waals surface area contributed by atoms with Crippen LogP contribution in [0.2, 0.25) is 0 Å². The fraction of sp³-hybridized carbons (Fsp3) is 0.188. The summed E-state index contributed by atoms with van der Waals surface area (Å²) >= 11 is 1.32. The third kappa shape index (κ3) is 4.08. The molecule has 0 saturated carbocycles. The van der Waals surface area contributed by atoms with Crippen LogP contribution in [-0.4, -0.2) is 42.9 Å². The number of tetrazole rings is 1. The van der Waals surface area contributed by atoms with Crippen molar-refractivity contribution in [1.29, 1.82) is 0 Å². The van der Waals surface area contributed by atoms with E-state index >= 15 is 0 Å². The Labute approximate surface area is 165 Å². The van der Waals surface area contributed by atoms with Crippen LogP contribution in [0.25, 0.3) is 22.9 Å². The highest BCUT2D eigenvalue weighted by Gasteiger charge is 2.31. The molecule has 4 rings (SSSR count). The molecule has 29 heavy (non-hydrogen) atoms. The van der Waals surface area contributed by atoms with Crippen LogP contribution in [0, 0.1) is 0 Å². The second-order valence-electron chi connectivity index (χ2n) is 5.69. The van der Waals surface area contributed by atoms with Crippen molar-refractivity contribution in [3.63, 3.8) is 0 Å². The summed E-state index contributed by atoms with van der Waals surface area (Å²) in [6, 6.07) is 6.32. The second kappa shape index (κ2) is 7.58. The van der Waals surface area contributed by atoms with Gasteiger partial charge in [-0.05, 0) is 40.8 Å². The third-order valence-electron chi connectivity index (χ3n) is 3.83. The largest absolute Gasteiger partial charge is 0.496 e. The van der Waals surface area contributed by atoms with E-state index in [1.165, 1.54) is 24.9 Å². The average molecular weight is 423 g/mol. The number of alkyl halides is 3. The van der Waals surface area contributed by atoms with E-state index in [1.54, 1.807) is 12.1 Å². The smallest absolute Gasteiger partial charge is 0.416 e. The molecule has 3 aromatic heterocycles. The molecular formula is C16H12F3N7O2S. The molecule has 0 fully saturated rings. The molecule has 0 amide bonds. The van der Waals surface area contributed by atoms with Gasteiger partial charge in [-0.15, -0.1) is 15.3 Å². The summed E-state index contributed by atoms with van der Waals surface area (Å²) < 4.78 is 50.0. The van der Waals surface area contributed by atoms with Crippen molar-refractivity contribution in [2.24, 2.45) is 0 Å². The van der Waals surface area contributed by atoms with Gasteiger partial charge < -0.3 is 14.1 Å². The lowest BCUT2D eigenvalue weighted by molar-refractivity contribution is -0.137. The van der Waals surface area contributed by atoms with Crippen LogP contribution < -0.4 is 4.74 Å². The van der Waals surface area contributed by atoms with Gasteiger partial charge in [0.05, 0.1) is 24.0 Å². The predicted octanol–water partition coefficient (Wildman–Crippen LogP) is 3.56. The lowest BCUT2D eigenvalue weighted by Gasteiger charge is -2.11. The predicted molar refractivity (Wildman–Crippen MR) is 94.8 cm³/mol. The van der Waals surface area contributed by atoms with Gasteiger partial charge in [-0.2, -0.15) is 13.2 Å². The third-order valence-corrected chi connectivity index (χ3v) is 4.71. The van der Waals surface area contributed by atoms with Gasteiger partial charge in [-0.1, -0.05) is 11.8 Å². The minimum absolute atomic E-state index is 0.181. The van der Waals surface area contributed by atoms with Crippen LogP contribution in [0.4, 0.5) is 13.2 Å².